The van der Waals surface area contributed by atoms with Crippen molar-refractivity contribution in [1.82, 2.24) is 19.5 Å². The fourth-order valence-corrected chi connectivity index (χ4v) is 10.4. The summed E-state index contributed by atoms with van der Waals surface area (Å²) in [7, 11) is 0. The molecule has 62 heavy (non-hydrogen) atoms. The second-order valence-corrected chi connectivity index (χ2v) is 17.0. The highest BCUT2D eigenvalue weighted by Gasteiger charge is 2.20. The molecule has 0 bridgehead atoms. The zero-order valence-electron chi connectivity index (χ0n) is 33.7. The van der Waals surface area contributed by atoms with Gasteiger partial charge >= 0.3 is 0 Å². The summed E-state index contributed by atoms with van der Waals surface area (Å²) < 4.78 is 5.02. The van der Waals surface area contributed by atoms with Crippen molar-refractivity contribution in [3.8, 4) is 62.1 Å². The lowest BCUT2D eigenvalue weighted by molar-refractivity contribution is 0.854. The van der Waals surface area contributed by atoms with Gasteiger partial charge < -0.3 is 4.57 Å². The molecule has 1 unspecified atom stereocenters. The summed E-state index contributed by atoms with van der Waals surface area (Å²) in [4.78, 5) is 15.6. The van der Waals surface area contributed by atoms with Crippen LogP contribution in [0, 0.1) is 0 Å². The number of nitrogens with zero attached hydrogens (tertiary/aromatic N) is 4. The van der Waals surface area contributed by atoms with Crippen LogP contribution >= 0.6 is 11.3 Å². The van der Waals surface area contributed by atoms with E-state index >= 15 is 0 Å². The van der Waals surface area contributed by atoms with E-state index in [1.54, 1.807) is 0 Å². The maximum absolute atomic E-state index is 5.22. The Morgan fingerprint density at radius 1 is 0.452 bits per heavy atom. The number of aromatic nitrogens is 4. The zero-order valence-corrected chi connectivity index (χ0v) is 34.5. The predicted molar refractivity (Wildman–Crippen MR) is 260 cm³/mol. The van der Waals surface area contributed by atoms with Gasteiger partial charge in [-0.2, -0.15) is 0 Å². The van der Waals surface area contributed by atoms with E-state index in [0.29, 0.717) is 23.4 Å². The maximum Gasteiger partial charge on any atom is 0.164 e. The highest BCUT2D eigenvalue weighted by atomic mass is 32.1. The Morgan fingerprint density at radius 2 is 1.05 bits per heavy atom. The van der Waals surface area contributed by atoms with Crippen molar-refractivity contribution in [3.63, 3.8) is 0 Å². The molecular formula is C57H38N4S. The van der Waals surface area contributed by atoms with Crippen molar-refractivity contribution in [3.05, 3.63) is 218 Å². The first-order valence-corrected chi connectivity index (χ1v) is 21.9. The summed E-state index contributed by atoms with van der Waals surface area (Å²) in [6.45, 7) is 0. The van der Waals surface area contributed by atoms with Crippen LogP contribution in [0.15, 0.2) is 212 Å². The smallest absolute Gasteiger partial charge is 0.164 e. The van der Waals surface area contributed by atoms with Crippen molar-refractivity contribution < 1.29 is 0 Å². The van der Waals surface area contributed by atoms with E-state index in [-0.39, 0.29) is 0 Å². The summed E-state index contributed by atoms with van der Waals surface area (Å²) in [6.07, 6.45) is 9.75. The highest BCUT2D eigenvalue weighted by molar-refractivity contribution is 7.26. The van der Waals surface area contributed by atoms with Gasteiger partial charge in [-0.25, -0.2) is 15.0 Å². The van der Waals surface area contributed by atoms with E-state index in [0.717, 1.165) is 39.9 Å². The van der Waals surface area contributed by atoms with Crippen LogP contribution in [0.1, 0.15) is 17.9 Å². The summed E-state index contributed by atoms with van der Waals surface area (Å²) in [5.41, 5.74) is 12.2. The van der Waals surface area contributed by atoms with Gasteiger partial charge in [0.05, 0.1) is 11.0 Å². The topological polar surface area (TPSA) is 43.6 Å². The number of allylic oxidation sites excluding steroid dienone is 4. The molecule has 0 amide bonds. The molecule has 3 heterocycles. The summed E-state index contributed by atoms with van der Waals surface area (Å²) in [5, 5.41) is 5.02. The van der Waals surface area contributed by atoms with Crippen LogP contribution in [0.5, 0.6) is 0 Å². The first-order chi connectivity index (χ1) is 30.7. The molecule has 0 radical (unpaired) electrons. The monoisotopic (exact) mass is 810 g/mol. The Kier molecular flexibility index (Phi) is 8.79. The minimum atomic E-state index is 0.364. The molecule has 0 N–H and O–H groups in total. The first kappa shape index (κ1) is 36.1. The Hall–Kier alpha value is -7.73. The molecule has 1 aliphatic carbocycles. The molecule has 5 heteroatoms. The molecule has 0 aliphatic heterocycles. The first-order valence-electron chi connectivity index (χ1n) is 21.1. The average molecular weight is 811 g/mol. The molecule has 11 aromatic rings. The van der Waals surface area contributed by atoms with E-state index in [4.69, 9.17) is 15.0 Å². The van der Waals surface area contributed by atoms with Crippen molar-refractivity contribution in [2.24, 2.45) is 0 Å². The predicted octanol–water partition coefficient (Wildman–Crippen LogP) is 15.3. The normalized spacial score (nSPS) is 13.8. The summed E-state index contributed by atoms with van der Waals surface area (Å²) in [6, 6.07) is 67.3. The van der Waals surface area contributed by atoms with E-state index < -0.39 is 0 Å². The molecule has 1 aliphatic rings. The van der Waals surface area contributed by atoms with Crippen LogP contribution in [0.4, 0.5) is 0 Å². The molecule has 1 atom stereocenters. The SMILES string of the molecule is C1=CCC(c2ccc(-c3nc(-c4ccc(-c5ccccc5)cc4)nc(-c4cccc(-n5c6ccccc6c6cccc(-c7cccc8c7sc7ccccc78)c65)c4)n3)cc2)C=C1. The van der Waals surface area contributed by atoms with Crippen LogP contribution in [0.3, 0.4) is 0 Å². The highest BCUT2D eigenvalue weighted by Crippen LogP contribution is 2.44. The third kappa shape index (κ3) is 6.25. The zero-order chi connectivity index (χ0) is 41.0. The van der Waals surface area contributed by atoms with Gasteiger partial charge in [0, 0.05) is 70.4 Å². The second-order valence-electron chi connectivity index (χ2n) is 15.9. The fourth-order valence-electron chi connectivity index (χ4n) is 9.16. The Morgan fingerprint density at radius 3 is 1.82 bits per heavy atom. The van der Waals surface area contributed by atoms with Crippen molar-refractivity contribution in [2.45, 2.75) is 12.3 Å². The van der Waals surface area contributed by atoms with Crippen LogP contribution in [-0.4, -0.2) is 19.5 Å². The van der Waals surface area contributed by atoms with Crippen molar-refractivity contribution >= 4 is 53.3 Å². The number of thiophene rings is 1. The van der Waals surface area contributed by atoms with Gasteiger partial charge in [0.15, 0.2) is 17.5 Å². The van der Waals surface area contributed by atoms with E-state index in [1.807, 2.05) is 17.4 Å². The molecule has 0 spiro atoms. The van der Waals surface area contributed by atoms with Gasteiger partial charge in [-0.3, -0.25) is 0 Å². The van der Waals surface area contributed by atoms with E-state index in [9.17, 15) is 0 Å². The fraction of sp³-hybridized carbons (Fsp3) is 0.0351. The Bertz CT molecular complexity index is 3540. The lowest BCUT2D eigenvalue weighted by Crippen LogP contribution is -2.02. The molecule has 8 aromatic carbocycles. The molecule has 292 valence electrons. The van der Waals surface area contributed by atoms with Gasteiger partial charge in [-0.1, -0.05) is 188 Å². The van der Waals surface area contributed by atoms with Crippen LogP contribution in [-0.2, 0) is 0 Å². The second kappa shape index (κ2) is 15.1. The quantitative estimate of drug-likeness (QED) is 0.161. The Labute approximate surface area is 363 Å². The molecule has 4 nitrogen and oxygen atoms in total. The number of hydrogen-bond acceptors (Lipinski definition) is 4. The minimum absolute atomic E-state index is 0.364. The molecule has 0 saturated heterocycles. The van der Waals surface area contributed by atoms with Gasteiger partial charge in [0.2, 0.25) is 0 Å². The number of rotatable bonds is 7. The lowest BCUT2D eigenvalue weighted by atomic mass is 9.92. The van der Waals surface area contributed by atoms with Gasteiger partial charge in [0.25, 0.3) is 0 Å². The van der Waals surface area contributed by atoms with Crippen LogP contribution in [0.25, 0.3) is 104 Å². The standard InChI is InChI=1S/C57H38N4S/c1-3-14-37(15-4-1)39-28-32-41(33-29-39)55-58-56(42-34-30-40(31-35-42)38-16-5-2-6-17-38)60-57(59-55)43-18-11-19-44(36-43)61-51-26-9-7-20-45(51)47-22-12-23-48(53(47)61)50-25-13-24-49-46-21-8-10-27-52(46)62-54(49)50/h1-16,18-36,38H,17H2. The molecule has 12 rings (SSSR count). The average Bonchev–Trinajstić information content (AvgIpc) is 3.91. The minimum Gasteiger partial charge on any atom is -0.309 e. The van der Waals surface area contributed by atoms with Gasteiger partial charge in [-0.05, 0) is 47.4 Å². The summed E-state index contributed by atoms with van der Waals surface area (Å²) >= 11 is 1.87. The summed E-state index contributed by atoms with van der Waals surface area (Å²) in [5.74, 6) is 2.27. The maximum atomic E-state index is 5.22. The molecule has 0 saturated carbocycles. The number of fused-ring (bicyclic) bond motifs is 6. The van der Waals surface area contributed by atoms with Crippen molar-refractivity contribution in [2.75, 3.05) is 0 Å². The molecule has 0 fully saturated rings. The largest absolute Gasteiger partial charge is 0.309 e. The van der Waals surface area contributed by atoms with E-state index in [1.165, 1.54) is 58.7 Å². The van der Waals surface area contributed by atoms with Gasteiger partial charge in [0.1, 0.15) is 0 Å². The molecular weight excluding hydrogens is 773 g/mol. The number of benzene rings is 8. The van der Waals surface area contributed by atoms with E-state index in [2.05, 4.69) is 211 Å². The van der Waals surface area contributed by atoms with Crippen molar-refractivity contribution in [1.29, 1.82) is 0 Å². The third-order valence-corrected chi connectivity index (χ3v) is 13.4. The Balaban J connectivity index is 1.02. The lowest BCUT2D eigenvalue weighted by Gasteiger charge is -2.15. The van der Waals surface area contributed by atoms with Crippen LogP contribution in [0.2, 0.25) is 0 Å². The van der Waals surface area contributed by atoms with Crippen LogP contribution < -0.4 is 0 Å². The number of hydrogen-bond donors (Lipinski definition) is 0. The van der Waals surface area contributed by atoms with Gasteiger partial charge in [-0.15, -0.1) is 11.3 Å². The third-order valence-electron chi connectivity index (χ3n) is 12.2. The molecule has 3 aromatic heterocycles. The number of para-hydroxylation sites is 2.